The highest BCUT2D eigenvalue weighted by atomic mass is 32.1. The molecule has 1 amide bonds. The lowest BCUT2D eigenvalue weighted by molar-refractivity contribution is -0.122. The first kappa shape index (κ1) is 17.1. The molecule has 0 saturated carbocycles. The number of methoxy groups -OCH3 is 1. The van der Waals surface area contributed by atoms with Gasteiger partial charge in [0, 0.05) is 23.5 Å². The van der Waals surface area contributed by atoms with Gasteiger partial charge in [0.25, 0.3) is 0 Å². The van der Waals surface area contributed by atoms with Crippen LogP contribution in [0.25, 0.3) is 0 Å². The van der Waals surface area contributed by atoms with Crippen LogP contribution >= 0.6 is 11.3 Å². The zero-order chi connectivity index (χ0) is 16.5. The Hall–Kier alpha value is -2.29. The van der Waals surface area contributed by atoms with E-state index >= 15 is 0 Å². The molecule has 1 heterocycles. The Bertz CT molecular complexity index is 662. The minimum Gasteiger partial charge on any atom is -0.496 e. The van der Waals surface area contributed by atoms with E-state index in [1.165, 1.54) is 4.88 Å². The van der Waals surface area contributed by atoms with E-state index in [9.17, 15) is 4.79 Å². The van der Waals surface area contributed by atoms with Crippen LogP contribution in [0, 0.1) is 12.3 Å². The van der Waals surface area contributed by atoms with Crippen LogP contribution < -0.4 is 10.1 Å². The van der Waals surface area contributed by atoms with Crippen LogP contribution in [0.3, 0.4) is 0 Å². The zero-order valence-corrected chi connectivity index (χ0v) is 13.9. The van der Waals surface area contributed by atoms with E-state index in [-0.39, 0.29) is 19.0 Å². The predicted molar refractivity (Wildman–Crippen MR) is 93.3 cm³/mol. The molecule has 0 fully saturated rings. The van der Waals surface area contributed by atoms with Gasteiger partial charge in [-0.05, 0) is 17.5 Å². The number of hydrogen-bond donors (Lipinski definition) is 1. The highest BCUT2D eigenvalue weighted by Crippen LogP contribution is 2.21. The van der Waals surface area contributed by atoms with Crippen molar-refractivity contribution in [2.24, 2.45) is 0 Å². The lowest BCUT2D eigenvalue weighted by Crippen LogP contribution is -2.36. The summed E-state index contributed by atoms with van der Waals surface area (Å²) in [5.74, 6) is 3.17. The third kappa shape index (κ3) is 5.44. The van der Waals surface area contributed by atoms with Gasteiger partial charge in [-0.15, -0.1) is 17.8 Å². The first-order chi connectivity index (χ1) is 11.2. The molecular formula is C18H20N2O2S. The number of para-hydroxylation sites is 1. The number of ether oxygens (including phenoxy) is 1. The number of terminal acetylenes is 1. The lowest BCUT2D eigenvalue weighted by atomic mass is 10.2. The van der Waals surface area contributed by atoms with E-state index in [1.54, 1.807) is 18.4 Å². The highest BCUT2D eigenvalue weighted by molar-refractivity contribution is 7.09. The maximum Gasteiger partial charge on any atom is 0.234 e. The zero-order valence-electron chi connectivity index (χ0n) is 13.1. The van der Waals surface area contributed by atoms with E-state index in [0.717, 1.165) is 11.3 Å². The van der Waals surface area contributed by atoms with Crippen molar-refractivity contribution in [3.8, 4) is 18.1 Å². The third-order valence-corrected chi connectivity index (χ3v) is 4.16. The average molecular weight is 328 g/mol. The molecule has 120 valence electrons. The molecule has 0 saturated heterocycles. The van der Waals surface area contributed by atoms with Crippen LogP contribution in [-0.4, -0.2) is 31.0 Å². The van der Waals surface area contributed by atoms with Gasteiger partial charge in [-0.2, -0.15) is 0 Å². The molecule has 0 bridgehead atoms. The summed E-state index contributed by atoms with van der Waals surface area (Å²) >= 11 is 1.68. The van der Waals surface area contributed by atoms with Crippen LogP contribution in [0.1, 0.15) is 10.4 Å². The monoisotopic (exact) mass is 328 g/mol. The first-order valence-electron chi connectivity index (χ1n) is 7.29. The fraction of sp³-hybridized carbons (Fsp3) is 0.278. The number of rotatable bonds is 8. The van der Waals surface area contributed by atoms with E-state index in [0.29, 0.717) is 13.1 Å². The molecule has 4 nitrogen and oxygen atoms in total. The van der Waals surface area contributed by atoms with Crippen molar-refractivity contribution in [2.45, 2.75) is 13.1 Å². The number of benzene rings is 1. The Morgan fingerprint density at radius 3 is 2.83 bits per heavy atom. The molecule has 0 unspecified atom stereocenters. The number of thiophene rings is 1. The van der Waals surface area contributed by atoms with E-state index in [2.05, 4.69) is 22.2 Å². The van der Waals surface area contributed by atoms with E-state index < -0.39 is 0 Å². The molecule has 0 aliphatic carbocycles. The largest absolute Gasteiger partial charge is 0.496 e. The lowest BCUT2D eigenvalue weighted by Gasteiger charge is -2.22. The normalized spacial score (nSPS) is 10.3. The van der Waals surface area contributed by atoms with Crippen LogP contribution in [0.5, 0.6) is 5.75 Å². The molecule has 23 heavy (non-hydrogen) atoms. The second-order valence-corrected chi connectivity index (χ2v) is 6.05. The molecule has 2 aromatic rings. The summed E-state index contributed by atoms with van der Waals surface area (Å²) in [6, 6.07) is 11.9. The molecule has 0 radical (unpaired) electrons. The number of nitrogens with zero attached hydrogens (tertiary/aromatic N) is 1. The van der Waals surface area contributed by atoms with Gasteiger partial charge in [0.2, 0.25) is 5.91 Å². The second kappa shape index (κ2) is 8.99. The second-order valence-electron chi connectivity index (χ2n) is 5.02. The quantitative estimate of drug-likeness (QED) is 0.757. The number of amides is 1. The summed E-state index contributed by atoms with van der Waals surface area (Å²) in [6.45, 7) is 1.88. The minimum atomic E-state index is -0.0746. The first-order valence-corrected chi connectivity index (χ1v) is 8.17. The van der Waals surface area contributed by atoms with Crippen molar-refractivity contribution < 1.29 is 9.53 Å². The standard InChI is InChI=1S/C18H20N2O2S/c1-3-10-19-18(21)14-20(13-16-8-6-11-23-16)12-15-7-4-5-9-17(15)22-2/h1,4-9,11H,10,12-14H2,2H3,(H,19,21). The minimum absolute atomic E-state index is 0.0746. The Balaban J connectivity index is 2.09. The fourth-order valence-electron chi connectivity index (χ4n) is 2.27. The van der Waals surface area contributed by atoms with Gasteiger partial charge < -0.3 is 10.1 Å². The smallest absolute Gasteiger partial charge is 0.234 e. The molecule has 1 aromatic carbocycles. The van der Waals surface area contributed by atoms with Gasteiger partial charge in [-0.1, -0.05) is 30.2 Å². The molecule has 1 aromatic heterocycles. The summed E-state index contributed by atoms with van der Waals surface area (Å²) in [5, 5.41) is 4.75. The summed E-state index contributed by atoms with van der Waals surface area (Å²) in [4.78, 5) is 15.3. The van der Waals surface area contributed by atoms with Crippen molar-refractivity contribution in [3.05, 3.63) is 52.2 Å². The van der Waals surface area contributed by atoms with Gasteiger partial charge in [0.1, 0.15) is 5.75 Å². The maximum absolute atomic E-state index is 12.0. The van der Waals surface area contributed by atoms with Crippen molar-refractivity contribution in [2.75, 3.05) is 20.2 Å². The molecule has 0 aliphatic rings. The van der Waals surface area contributed by atoms with Gasteiger partial charge in [0.05, 0.1) is 20.2 Å². The molecule has 0 spiro atoms. The Labute approximate surface area is 141 Å². The summed E-state index contributed by atoms with van der Waals surface area (Å²) in [5.41, 5.74) is 1.05. The SMILES string of the molecule is C#CCNC(=O)CN(Cc1cccs1)Cc1ccccc1OC. The van der Waals surface area contributed by atoms with Crippen LogP contribution in [-0.2, 0) is 17.9 Å². The summed E-state index contributed by atoms with van der Waals surface area (Å²) in [6.07, 6.45) is 5.19. The molecule has 5 heteroatoms. The number of nitrogens with one attached hydrogen (secondary N) is 1. The van der Waals surface area contributed by atoms with Crippen molar-refractivity contribution >= 4 is 17.2 Å². The third-order valence-electron chi connectivity index (χ3n) is 3.30. The van der Waals surface area contributed by atoms with Gasteiger partial charge in [0.15, 0.2) is 0 Å². The summed E-state index contributed by atoms with van der Waals surface area (Å²) < 4.78 is 5.40. The Morgan fingerprint density at radius 1 is 1.30 bits per heavy atom. The summed E-state index contributed by atoms with van der Waals surface area (Å²) in [7, 11) is 1.65. The van der Waals surface area contributed by atoms with Gasteiger partial charge in [-0.3, -0.25) is 9.69 Å². The topological polar surface area (TPSA) is 41.6 Å². The maximum atomic E-state index is 12.0. The van der Waals surface area contributed by atoms with Crippen LogP contribution in [0.2, 0.25) is 0 Å². The molecule has 0 aliphatic heterocycles. The predicted octanol–water partition coefficient (Wildman–Crippen LogP) is 2.51. The Kier molecular flexibility index (Phi) is 6.67. The van der Waals surface area contributed by atoms with Crippen molar-refractivity contribution in [1.82, 2.24) is 10.2 Å². The molecular weight excluding hydrogens is 308 g/mol. The number of carbonyl (C=O) groups excluding carboxylic acids is 1. The van der Waals surface area contributed by atoms with E-state index in [1.807, 2.05) is 35.7 Å². The average Bonchev–Trinajstić information content (AvgIpc) is 3.06. The number of carbonyl (C=O) groups is 1. The molecule has 1 N–H and O–H groups in total. The van der Waals surface area contributed by atoms with Crippen LogP contribution in [0.4, 0.5) is 0 Å². The molecule has 2 rings (SSSR count). The van der Waals surface area contributed by atoms with Gasteiger partial charge >= 0.3 is 0 Å². The van der Waals surface area contributed by atoms with Gasteiger partial charge in [-0.25, -0.2) is 0 Å². The highest BCUT2D eigenvalue weighted by Gasteiger charge is 2.14. The Morgan fingerprint density at radius 2 is 2.13 bits per heavy atom. The van der Waals surface area contributed by atoms with Crippen molar-refractivity contribution in [1.29, 1.82) is 0 Å². The van der Waals surface area contributed by atoms with Crippen LogP contribution in [0.15, 0.2) is 41.8 Å². The number of hydrogen-bond acceptors (Lipinski definition) is 4. The molecule has 0 atom stereocenters. The fourth-order valence-corrected chi connectivity index (χ4v) is 3.02. The van der Waals surface area contributed by atoms with Crippen molar-refractivity contribution in [3.63, 3.8) is 0 Å². The van der Waals surface area contributed by atoms with E-state index in [4.69, 9.17) is 11.2 Å².